The molecule has 0 fully saturated rings. The third-order valence-electron chi connectivity index (χ3n) is 4.41. The fourth-order valence-corrected chi connectivity index (χ4v) is 2.79. The minimum atomic E-state index is -4.47. The Morgan fingerprint density at radius 2 is 1.75 bits per heavy atom. The monoisotopic (exact) mass is 453 g/mol. The second kappa shape index (κ2) is 9.67. The van der Waals surface area contributed by atoms with Crippen molar-refractivity contribution in [1.82, 2.24) is 9.13 Å². The lowest BCUT2D eigenvalue weighted by molar-refractivity contribution is -0.138. The number of halogens is 3. The number of ether oxygens (including phenoxy) is 1. The summed E-state index contributed by atoms with van der Waals surface area (Å²) >= 11 is 0. The first-order valence-corrected chi connectivity index (χ1v) is 9.47. The van der Waals surface area contributed by atoms with E-state index in [0.29, 0.717) is 5.56 Å². The molecule has 0 radical (unpaired) electrons. The van der Waals surface area contributed by atoms with Gasteiger partial charge in [-0.05, 0) is 29.7 Å². The number of benzene rings is 1. The van der Waals surface area contributed by atoms with E-state index in [1.807, 2.05) is 13.8 Å². The number of anilines is 1. The summed E-state index contributed by atoms with van der Waals surface area (Å²) in [6, 6.07) is 4.05. The Hall–Kier alpha value is -3.63. The molecule has 0 aliphatic rings. The van der Waals surface area contributed by atoms with Crippen LogP contribution in [0.25, 0.3) is 6.08 Å². The summed E-state index contributed by atoms with van der Waals surface area (Å²) in [5.74, 6) is -2.15. The summed E-state index contributed by atoms with van der Waals surface area (Å²) in [6.07, 6.45) is -2.34. The van der Waals surface area contributed by atoms with Gasteiger partial charge in [0.15, 0.2) is 6.61 Å². The van der Waals surface area contributed by atoms with Gasteiger partial charge >= 0.3 is 17.8 Å². The van der Waals surface area contributed by atoms with Gasteiger partial charge in [0.05, 0.1) is 5.56 Å². The van der Waals surface area contributed by atoms with Gasteiger partial charge in [0.1, 0.15) is 11.4 Å². The molecule has 0 saturated carbocycles. The predicted molar refractivity (Wildman–Crippen MR) is 111 cm³/mol. The Labute approximate surface area is 180 Å². The normalized spacial score (nSPS) is 11.8. The largest absolute Gasteiger partial charge is 0.454 e. The minimum absolute atomic E-state index is 0.00335. The number of carbonyl (C=O) groups is 2. The van der Waals surface area contributed by atoms with Crippen molar-refractivity contribution >= 4 is 23.6 Å². The van der Waals surface area contributed by atoms with Crippen LogP contribution in [0.1, 0.15) is 35.3 Å². The second-order valence-corrected chi connectivity index (χ2v) is 7.40. The number of nitrogens with zero attached hydrogens (tertiary/aromatic N) is 2. The molecule has 0 unspecified atom stereocenters. The zero-order valence-electron chi connectivity index (χ0n) is 17.6. The van der Waals surface area contributed by atoms with Gasteiger partial charge in [-0.15, -0.1) is 0 Å². The Morgan fingerprint density at radius 1 is 1.16 bits per heavy atom. The molecule has 0 aliphatic heterocycles. The van der Waals surface area contributed by atoms with Crippen molar-refractivity contribution in [1.29, 1.82) is 0 Å². The van der Waals surface area contributed by atoms with Crippen LogP contribution in [0.5, 0.6) is 0 Å². The SMILES string of the molecule is CC(C)Cn1c(N)c(C(=O)COC(=O)/C=C/c2ccc(C(F)(F)F)cc2)c(=O)n(C)c1=O. The van der Waals surface area contributed by atoms with Gasteiger partial charge < -0.3 is 10.5 Å². The van der Waals surface area contributed by atoms with Crippen LogP contribution in [0.2, 0.25) is 0 Å². The molecule has 1 heterocycles. The number of hydrogen-bond acceptors (Lipinski definition) is 6. The molecule has 172 valence electrons. The highest BCUT2D eigenvalue weighted by Gasteiger charge is 2.29. The molecule has 0 aliphatic carbocycles. The third-order valence-corrected chi connectivity index (χ3v) is 4.41. The summed E-state index contributed by atoms with van der Waals surface area (Å²) in [4.78, 5) is 49.0. The number of ketones is 1. The fourth-order valence-electron chi connectivity index (χ4n) is 2.79. The fraction of sp³-hybridized carbons (Fsp3) is 0.333. The van der Waals surface area contributed by atoms with Crippen molar-refractivity contribution in [2.45, 2.75) is 26.6 Å². The molecule has 2 aromatic rings. The van der Waals surface area contributed by atoms with E-state index in [1.54, 1.807) is 0 Å². The first-order chi connectivity index (χ1) is 14.8. The maximum atomic E-state index is 12.6. The molecule has 0 bridgehead atoms. The molecule has 0 spiro atoms. The zero-order chi connectivity index (χ0) is 24.2. The van der Waals surface area contributed by atoms with Crippen molar-refractivity contribution in [3.8, 4) is 0 Å². The number of carbonyl (C=O) groups excluding carboxylic acids is 2. The second-order valence-electron chi connectivity index (χ2n) is 7.40. The summed E-state index contributed by atoms with van der Waals surface area (Å²) < 4.78 is 44.4. The highest BCUT2D eigenvalue weighted by molar-refractivity contribution is 6.01. The Balaban J connectivity index is 2.13. The van der Waals surface area contributed by atoms with E-state index in [2.05, 4.69) is 0 Å². The van der Waals surface area contributed by atoms with Gasteiger partial charge in [0.2, 0.25) is 5.78 Å². The van der Waals surface area contributed by atoms with E-state index < -0.39 is 46.9 Å². The van der Waals surface area contributed by atoms with Crippen molar-refractivity contribution in [2.24, 2.45) is 13.0 Å². The molecule has 0 atom stereocenters. The van der Waals surface area contributed by atoms with E-state index >= 15 is 0 Å². The van der Waals surface area contributed by atoms with Crippen LogP contribution in [0.3, 0.4) is 0 Å². The van der Waals surface area contributed by atoms with Crippen molar-refractivity contribution < 1.29 is 27.5 Å². The van der Waals surface area contributed by atoms with Gasteiger partial charge in [-0.25, -0.2) is 9.59 Å². The van der Waals surface area contributed by atoms with Crippen molar-refractivity contribution in [3.63, 3.8) is 0 Å². The van der Waals surface area contributed by atoms with Crippen LogP contribution in [-0.4, -0.2) is 27.5 Å². The first-order valence-electron chi connectivity index (χ1n) is 9.47. The lowest BCUT2D eigenvalue weighted by atomic mass is 10.1. The van der Waals surface area contributed by atoms with E-state index in [4.69, 9.17) is 10.5 Å². The van der Waals surface area contributed by atoms with E-state index in [9.17, 15) is 32.3 Å². The maximum absolute atomic E-state index is 12.6. The van der Waals surface area contributed by atoms with Gasteiger partial charge in [0.25, 0.3) is 5.56 Å². The Morgan fingerprint density at radius 3 is 2.28 bits per heavy atom. The Kier molecular flexibility index (Phi) is 7.44. The molecule has 0 amide bonds. The molecular weight excluding hydrogens is 431 g/mol. The van der Waals surface area contributed by atoms with E-state index in [1.165, 1.54) is 25.3 Å². The quantitative estimate of drug-likeness (QED) is 0.391. The number of hydrogen-bond donors (Lipinski definition) is 1. The zero-order valence-corrected chi connectivity index (χ0v) is 17.6. The maximum Gasteiger partial charge on any atom is 0.416 e. The molecule has 11 heteroatoms. The third kappa shape index (κ3) is 5.74. The molecular formula is C21H22F3N3O5. The van der Waals surface area contributed by atoms with Gasteiger partial charge in [-0.1, -0.05) is 26.0 Å². The van der Waals surface area contributed by atoms with Crippen LogP contribution in [-0.2, 0) is 29.3 Å². The van der Waals surface area contributed by atoms with Crippen LogP contribution in [0.15, 0.2) is 39.9 Å². The van der Waals surface area contributed by atoms with Gasteiger partial charge in [-0.2, -0.15) is 13.2 Å². The lowest BCUT2D eigenvalue weighted by Gasteiger charge is -2.16. The van der Waals surface area contributed by atoms with Crippen molar-refractivity contribution in [2.75, 3.05) is 12.3 Å². The predicted octanol–water partition coefficient (Wildman–Crippen LogP) is 2.24. The molecule has 8 nitrogen and oxygen atoms in total. The van der Waals surface area contributed by atoms with Crippen molar-refractivity contribution in [3.05, 3.63) is 67.9 Å². The smallest absolute Gasteiger partial charge is 0.416 e. The number of aromatic nitrogens is 2. The standard InChI is InChI=1S/C21H22F3N3O5/c1-12(2)10-27-18(25)17(19(30)26(3)20(27)31)15(28)11-32-16(29)9-6-13-4-7-14(8-5-13)21(22,23)24/h4-9,12H,10-11,25H2,1-3H3/b9-6+. The number of nitrogen functional groups attached to an aromatic ring is 1. The van der Waals surface area contributed by atoms with Gasteiger partial charge in [0, 0.05) is 19.7 Å². The lowest BCUT2D eigenvalue weighted by Crippen LogP contribution is -2.43. The average molecular weight is 453 g/mol. The number of Topliss-reactive ketones (excluding diaryl/α,β-unsaturated/α-hetero) is 1. The number of rotatable bonds is 7. The first kappa shape index (κ1) is 24.6. The van der Waals surface area contributed by atoms with Crippen LogP contribution in [0.4, 0.5) is 19.0 Å². The highest BCUT2D eigenvalue weighted by Crippen LogP contribution is 2.29. The van der Waals surface area contributed by atoms with E-state index in [0.717, 1.165) is 27.3 Å². The molecule has 1 aromatic carbocycles. The summed E-state index contributed by atoms with van der Waals surface area (Å²) in [5.41, 5.74) is 3.31. The summed E-state index contributed by atoms with van der Waals surface area (Å²) in [5, 5.41) is 0. The molecule has 1 aromatic heterocycles. The summed E-state index contributed by atoms with van der Waals surface area (Å²) in [6.45, 7) is 3.01. The molecule has 32 heavy (non-hydrogen) atoms. The Bertz CT molecular complexity index is 1160. The highest BCUT2D eigenvalue weighted by atomic mass is 19.4. The van der Waals surface area contributed by atoms with Gasteiger partial charge in [-0.3, -0.25) is 18.7 Å². The number of alkyl halides is 3. The van der Waals surface area contributed by atoms with E-state index in [-0.39, 0.29) is 18.3 Å². The molecule has 2 N–H and O–H groups in total. The van der Waals surface area contributed by atoms with Crippen LogP contribution in [0, 0.1) is 5.92 Å². The van der Waals surface area contributed by atoms with Crippen LogP contribution < -0.4 is 17.0 Å². The topological polar surface area (TPSA) is 113 Å². The summed E-state index contributed by atoms with van der Waals surface area (Å²) in [7, 11) is 1.20. The minimum Gasteiger partial charge on any atom is -0.454 e. The number of esters is 1. The molecule has 0 saturated heterocycles. The average Bonchev–Trinajstić information content (AvgIpc) is 2.72. The van der Waals surface area contributed by atoms with Crippen LogP contribution >= 0.6 is 0 Å². The number of nitrogens with two attached hydrogens (primary N) is 1. The molecule has 2 rings (SSSR count).